The Morgan fingerprint density at radius 2 is 2.03 bits per heavy atom. The number of primary amides is 1. The maximum atomic E-state index is 12.1. The van der Waals surface area contributed by atoms with Crippen molar-refractivity contribution in [2.45, 2.75) is 26.1 Å². The molecule has 4 rings (SSSR count). The number of hydrogen-bond acceptors (Lipinski definition) is 5. The first-order valence-electron chi connectivity index (χ1n) is 9.16. The van der Waals surface area contributed by atoms with Crippen molar-refractivity contribution in [1.82, 2.24) is 15.1 Å². The molecule has 0 aliphatic heterocycles. The van der Waals surface area contributed by atoms with E-state index in [2.05, 4.69) is 10.4 Å². The molecular weight excluding hydrogens is 372 g/mol. The van der Waals surface area contributed by atoms with E-state index in [0.717, 1.165) is 21.9 Å². The van der Waals surface area contributed by atoms with E-state index in [1.165, 1.54) is 0 Å². The zero-order chi connectivity index (χ0) is 20.4. The molecule has 0 bridgehead atoms. The van der Waals surface area contributed by atoms with Crippen molar-refractivity contribution >= 4 is 33.9 Å². The minimum atomic E-state index is -0.628. The van der Waals surface area contributed by atoms with Crippen molar-refractivity contribution in [3.8, 4) is 0 Å². The number of alkyl carbamates (subject to hydrolysis) is 1. The standard InChI is InChI=1S/C21H20N4O4/c1-13(24-21(27)28-12-14-5-3-2-4-6-14)11-25-19-15(10-23-25)7-8-17-16(19)9-18(29-17)20(22)26/h2-10,13H,11-12H2,1H3,(H2,22,26)(H,24,27)/t13-/m0/s1. The van der Waals surface area contributed by atoms with Crippen LogP contribution in [0.3, 0.4) is 0 Å². The van der Waals surface area contributed by atoms with Crippen molar-refractivity contribution in [3.63, 3.8) is 0 Å². The van der Waals surface area contributed by atoms with Crippen LogP contribution in [-0.4, -0.2) is 27.8 Å². The quantitative estimate of drug-likeness (QED) is 0.523. The van der Waals surface area contributed by atoms with Gasteiger partial charge in [-0.1, -0.05) is 30.3 Å². The summed E-state index contributed by atoms with van der Waals surface area (Å²) < 4.78 is 12.5. The molecule has 2 amide bonds. The second kappa shape index (κ2) is 7.67. The fraction of sp³-hybridized carbons (Fsp3) is 0.190. The third-order valence-corrected chi connectivity index (χ3v) is 4.56. The summed E-state index contributed by atoms with van der Waals surface area (Å²) in [6.45, 7) is 2.48. The number of nitrogens with one attached hydrogen (secondary N) is 1. The highest BCUT2D eigenvalue weighted by Gasteiger charge is 2.16. The Labute approximate surface area is 166 Å². The molecule has 148 valence electrons. The van der Waals surface area contributed by atoms with Gasteiger partial charge in [-0.2, -0.15) is 5.10 Å². The van der Waals surface area contributed by atoms with E-state index in [0.29, 0.717) is 12.1 Å². The van der Waals surface area contributed by atoms with Crippen molar-refractivity contribution in [2.75, 3.05) is 0 Å². The van der Waals surface area contributed by atoms with Crippen LogP contribution in [0.4, 0.5) is 4.79 Å². The van der Waals surface area contributed by atoms with E-state index in [-0.39, 0.29) is 18.4 Å². The maximum Gasteiger partial charge on any atom is 0.407 e. The summed E-state index contributed by atoms with van der Waals surface area (Å²) >= 11 is 0. The molecule has 0 fully saturated rings. The minimum absolute atomic E-state index is 0.0934. The van der Waals surface area contributed by atoms with Crippen molar-refractivity contribution in [3.05, 3.63) is 66.1 Å². The highest BCUT2D eigenvalue weighted by atomic mass is 16.5. The normalized spacial score (nSPS) is 12.2. The lowest BCUT2D eigenvalue weighted by Gasteiger charge is -2.15. The molecule has 4 aromatic rings. The summed E-state index contributed by atoms with van der Waals surface area (Å²) in [5.41, 5.74) is 7.60. The van der Waals surface area contributed by atoms with E-state index >= 15 is 0 Å². The summed E-state index contributed by atoms with van der Waals surface area (Å²) in [5.74, 6) is -0.535. The monoisotopic (exact) mass is 392 g/mol. The molecule has 0 aliphatic carbocycles. The first-order chi connectivity index (χ1) is 14.0. The Bertz CT molecular complexity index is 1180. The second-order valence-electron chi connectivity index (χ2n) is 6.82. The van der Waals surface area contributed by atoms with Gasteiger partial charge in [-0.05, 0) is 30.7 Å². The number of hydrogen-bond donors (Lipinski definition) is 2. The van der Waals surface area contributed by atoms with Crippen molar-refractivity contribution in [1.29, 1.82) is 0 Å². The van der Waals surface area contributed by atoms with Gasteiger partial charge in [0.1, 0.15) is 12.2 Å². The Morgan fingerprint density at radius 3 is 2.79 bits per heavy atom. The summed E-state index contributed by atoms with van der Waals surface area (Å²) in [4.78, 5) is 23.5. The molecule has 1 atom stereocenters. The van der Waals surface area contributed by atoms with E-state index in [1.54, 1.807) is 23.0 Å². The Morgan fingerprint density at radius 1 is 1.24 bits per heavy atom. The van der Waals surface area contributed by atoms with Gasteiger partial charge in [-0.15, -0.1) is 0 Å². The molecular formula is C21H20N4O4. The van der Waals surface area contributed by atoms with Gasteiger partial charge in [0, 0.05) is 16.8 Å². The van der Waals surface area contributed by atoms with Crippen LogP contribution < -0.4 is 11.1 Å². The van der Waals surface area contributed by atoms with Gasteiger partial charge in [0.2, 0.25) is 0 Å². The van der Waals surface area contributed by atoms with Gasteiger partial charge in [0.25, 0.3) is 5.91 Å². The number of furan rings is 1. The first kappa shape index (κ1) is 18.5. The summed E-state index contributed by atoms with van der Waals surface area (Å²) in [5, 5.41) is 8.85. The number of carbonyl (C=O) groups is 2. The zero-order valence-corrected chi connectivity index (χ0v) is 15.8. The Kier molecular flexibility index (Phi) is 4.90. The summed E-state index contributed by atoms with van der Waals surface area (Å²) in [6, 6.07) is 14.5. The SMILES string of the molecule is C[C@@H](Cn1ncc2ccc3oc(C(N)=O)cc3c21)NC(=O)OCc1ccccc1. The third kappa shape index (κ3) is 3.91. The topological polar surface area (TPSA) is 112 Å². The van der Waals surface area contributed by atoms with Crippen molar-refractivity contribution in [2.24, 2.45) is 5.73 Å². The van der Waals surface area contributed by atoms with E-state index in [4.69, 9.17) is 14.9 Å². The van der Waals surface area contributed by atoms with Crippen LogP contribution in [-0.2, 0) is 17.9 Å². The lowest BCUT2D eigenvalue weighted by molar-refractivity contribution is 0.0976. The first-order valence-corrected chi connectivity index (χ1v) is 9.16. The number of ether oxygens (including phenoxy) is 1. The Balaban J connectivity index is 1.47. The fourth-order valence-corrected chi connectivity index (χ4v) is 3.23. The van der Waals surface area contributed by atoms with Crippen LogP contribution in [0.25, 0.3) is 21.9 Å². The van der Waals surface area contributed by atoms with E-state index in [1.807, 2.05) is 43.3 Å². The zero-order valence-electron chi connectivity index (χ0n) is 15.8. The predicted molar refractivity (Wildman–Crippen MR) is 107 cm³/mol. The smallest absolute Gasteiger partial charge is 0.407 e. The molecule has 29 heavy (non-hydrogen) atoms. The lowest BCUT2D eigenvalue weighted by Crippen LogP contribution is -2.36. The summed E-state index contributed by atoms with van der Waals surface area (Å²) in [6.07, 6.45) is 1.23. The minimum Gasteiger partial charge on any atom is -0.451 e. The predicted octanol–water partition coefficient (Wildman–Crippen LogP) is 3.20. The van der Waals surface area contributed by atoms with Crippen LogP contribution >= 0.6 is 0 Å². The van der Waals surface area contributed by atoms with Crippen LogP contribution in [0.2, 0.25) is 0 Å². The molecule has 8 nitrogen and oxygen atoms in total. The van der Waals surface area contributed by atoms with Crippen LogP contribution in [0.5, 0.6) is 0 Å². The molecule has 2 heterocycles. The fourth-order valence-electron chi connectivity index (χ4n) is 3.23. The highest BCUT2D eigenvalue weighted by molar-refractivity contribution is 6.06. The average Bonchev–Trinajstić information content (AvgIpc) is 3.31. The third-order valence-electron chi connectivity index (χ3n) is 4.56. The molecule has 0 radical (unpaired) electrons. The molecule has 0 spiro atoms. The molecule has 0 aliphatic rings. The number of rotatable bonds is 6. The molecule has 3 N–H and O–H groups in total. The van der Waals surface area contributed by atoms with E-state index in [9.17, 15) is 9.59 Å². The second-order valence-corrected chi connectivity index (χ2v) is 6.82. The molecule has 8 heteroatoms. The molecule has 0 saturated heterocycles. The molecule has 2 aromatic heterocycles. The van der Waals surface area contributed by atoms with Gasteiger partial charge < -0.3 is 20.2 Å². The maximum absolute atomic E-state index is 12.1. The molecule has 2 aromatic carbocycles. The number of aromatic nitrogens is 2. The van der Waals surface area contributed by atoms with Gasteiger partial charge in [-0.3, -0.25) is 9.48 Å². The van der Waals surface area contributed by atoms with Gasteiger partial charge in [0.15, 0.2) is 5.76 Å². The number of nitrogens with zero attached hydrogens (tertiary/aromatic N) is 2. The molecule has 0 saturated carbocycles. The number of benzene rings is 2. The van der Waals surface area contributed by atoms with Crippen LogP contribution in [0.15, 0.2) is 59.1 Å². The van der Waals surface area contributed by atoms with Crippen molar-refractivity contribution < 1.29 is 18.7 Å². The lowest BCUT2D eigenvalue weighted by atomic mass is 10.2. The van der Waals surface area contributed by atoms with Gasteiger partial charge in [0.05, 0.1) is 18.3 Å². The Hall–Kier alpha value is -3.81. The van der Waals surface area contributed by atoms with Gasteiger partial charge in [-0.25, -0.2) is 4.79 Å². The largest absolute Gasteiger partial charge is 0.451 e. The molecule has 0 unspecified atom stereocenters. The number of carbonyl (C=O) groups excluding carboxylic acids is 2. The number of fused-ring (bicyclic) bond motifs is 3. The highest BCUT2D eigenvalue weighted by Crippen LogP contribution is 2.28. The van der Waals surface area contributed by atoms with E-state index < -0.39 is 12.0 Å². The summed E-state index contributed by atoms with van der Waals surface area (Å²) in [7, 11) is 0. The van der Waals surface area contributed by atoms with Crippen LogP contribution in [0, 0.1) is 0 Å². The average molecular weight is 392 g/mol. The van der Waals surface area contributed by atoms with Crippen LogP contribution in [0.1, 0.15) is 23.0 Å². The number of nitrogens with two attached hydrogens (primary N) is 1. The van der Waals surface area contributed by atoms with Gasteiger partial charge >= 0.3 is 6.09 Å². The number of amides is 2.